The molecule has 0 atom stereocenters. The van der Waals surface area contributed by atoms with Gasteiger partial charge in [0.25, 0.3) is 0 Å². The first-order valence-electron chi connectivity index (χ1n) is 8.11. The summed E-state index contributed by atoms with van der Waals surface area (Å²) in [4.78, 5) is 4.57. The fourth-order valence-electron chi connectivity index (χ4n) is 3.14. The third-order valence-electron chi connectivity index (χ3n) is 4.39. The van der Waals surface area contributed by atoms with Crippen LogP contribution in [-0.4, -0.2) is 25.9 Å². The van der Waals surface area contributed by atoms with Gasteiger partial charge in [-0.05, 0) is 50.1 Å². The van der Waals surface area contributed by atoms with Crippen molar-refractivity contribution in [1.29, 1.82) is 0 Å². The molecule has 1 N–H and O–H groups in total. The molecule has 0 bridgehead atoms. The van der Waals surface area contributed by atoms with Gasteiger partial charge in [-0.25, -0.2) is 4.98 Å². The zero-order valence-corrected chi connectivity index (χ0v) is 13.6. The van der Waals surface area contributed by atoms with Crippen LogP contribution in [0.5, 0.6) is 0 Å². The molecule has 0 amide bonds. The minimum absolute atomic E-state index is 0.872. The summed E-state index contributed by atoms with van der Waals surface area (Å²) in [5.41, 5.74) is 5.81. The van der Waals surface area contributed by atoms with Crippen LogP contribution < -0.4 is 5.32 Å². The number of aromatic nitrogens is 4. The second-order valence-corrected chi connectivity index (χ2v) is 6.19. The van der Waals surface area contributed by atoms with E-state index in [1.807, 2.05) is 12.4 Å². The van der Waals surface area contributed by atoms with Crippen molar-refractivity contribution in [3.8, 4) is 17.2 Å². The lowest BCUT2D eigenvalue weighted by Gasteiger charge is -2.10. The first kappa shape index (κ1) is 14.2. The van der Waals surface area contributed by atoms with Crippen LogP contribution >= 0.6 is 0 Å². The van der Waals surface area contributed by atoms with Crippen molar-refractivity contribution in [2.24, 2.45) is 0 Å². The number of hydrogen-bond donors (Lipinski definition) is 1. The number of nitrogens with one attached hydrogen (secondary N) is 1. The summed E-state index contributed by atoms with van der Waals surface area (Å²) in [6.45, 7) is 7.13. The summed E-state index contributed by atoms with van der Waals surface area (Å²) in [5, 5.41) is 8.22. The first-order chi connectivity index (χ1) is 11.2. The van der Waals surface area contributed by atoms with Crippen LogP contribution in [0.2, 0.25) is 0 Å². The Morgan fingerprint density at radius 2 is 2.09 bits per heavy atom. The molecular weight excluding hydrogens is 286 g/mol. The molecule has 1 aromatic carbocycles. The molecule has 0 fully saturated rings. The molecule has 5 nitrogen and oxygen atoms in total. The van der Waals surface area contributed by atoms with E-state index in [1.54, 1.807) is 0 Å². The minimum atomic E-state index is 0.872. The Morgan fingerprint density at radius 3 is 3.00 bits per heavy atom. The molecule has 2 aromatic heterocycles. The van der Waals surface area contributed by atoms with Gasteiger partial charge in [-0.2, -0.15) is 5.10 Å². The SMILES string of the molecule is Cc1ccc(C)c(-n2ccnc2-c2cc3n(n2)CCCNC3)c1. The summed E-state index contributed by atoms with van der Waals surface area (Å²) >= 11 is 0. The molecule has 4 rings (SSSR count). The van der Waals surface area contributed by atoms with Crippen molar-refractivity contribution in [3.63, 3.8) is 0 Å². The molecule has 3 aromatic rings. The number of imidazole rings is 1. The number of fused-ring (bicyclic) bond motifs is 1. The van der Waals surface area contributed by atoms with Crippen molar-refractivity contribution in [1.82, 2.24) is 24.6 Å². The average Bonchev–Trinajstić information content (AvgIpc) is 3.12. The van der Waals surface area contributed by atoms with Crippen LogP contribution in [0.3, 0.4) is 0 Å². The average molecular weight is 307 g/mol. The van der Waals surface area contributed by atoms with E-state index in [4.69, 9.17) is 5.10 Å². The Kier molecular flexibility index (Phi) is 3.50. The minimum Gasteiger partial charge on any atom is -0.311 e. The number of aryl methyl sites for hydroxylation is 3. The maximum absolute atomic E-state index is 4.78. The van der Waals surface area contributed by atoms with E-state index in [1.165, 1.54) is 22.5 Å². The Labute approximate surface area is 136 Å². The third kappa shape index (κ3) is 2.57. The summed E-state index contributed by atoms with van der Waals surface area (Å²) in [6.07, 6.45) is 4.97. The molecule has 3 heterocycles. The van der Waals surface area contributed by atoms with Crippen LogP contribution in [0, 0.1) is 13.8 Å². The summed E-state index contributed by atoms with van der Waals surface area (Å²) in [6, 6.07) is 8.64. The van der Waals surface area contributed by atoms with E-state index >= 15 is 0 Å². The monoisotopic (exact) mass is 307 g/mol. The van der Waals surface area contributed by atoms with Crippen molar-refractivity contribution in [3.05, 3.63) is 53.5 Å². The summed E-state index contributed by atoms with van der Waals surface area (Å²) in [7, 11) is 0. The lowest BCUT2D eigenvalue weighted by Crippen LogP contribution is -2.11. The van der Waals surface area contributed by atoms with Crippen LogP contribution in [0.25, 0.3) is 17.2 Å². The maximum atomic E-state index is 4.78. The molecule has 0 aliphatic carbocycles. The van der Waals surface area contributed by atoms with Crippen LogP contribution in [0.4, 0.5) is 0 Å². The van der Waals surface area contributed by atoms with Crippen molar-refractivity contribution >= 4 is 0 Å². The van der Waals surface area contributed by atoms with Gasteiger partial charge in [0.15, 0.2) is 5.82 Å². The Morgan fingerprint density at radius 1 is 1.17 bits per heavy atom. The highest BCUT2D eigenvalue weighted by atomic mass is 15.3. The molecule has 118 valence electrons. The number of hydrogen-bond acceptors (Lipinski definition) is 3. The van der Waals surface area contributed by atoms with E-state index < -0.39 is 0 Å². The van der Waals surface area contributed by atoms with E-state index in [2.05, 4.69) is 57.7 Å². The Bertz CT molecular complexity index is 819. The quantitative estimate of drug-likeness (QED) is 0.792. The van der Waals surface area contributed by atoms with Gasteiger partial charge >= 0.3 is 0 Å². The van der Waals surface area contributed by atoms with Crippen LogP contribution in [-0.2, 0) is 13.1 Å². The predicted molar refractivity (Wildman–Crippen MR) is 90.6 cm³/mol. The Balaban J connectivity index is 1.80. The van der Waals surface area contributed by atoms with Gasteiger partial charge in [0, 0.05) is 25.5 Å². The first-order valence-corrected chi connectivity index (χ1v) is 8.11. The molecule has 5 heteroatoms. The standard InChI is InChI=1S/C18H21N5/c1-13-4-5-14(2)17(10-13)22-9-7-20-18(22)16-11-15-12-19-6-3-8-23(15)21-16/h4-5,7,9-11,19H,3,6,8,12H2,1-2H3. The molecule has 1 aliphatic heterocycles. The smallest absolute Gasteiger partial charge is 0.165 e. The fraction of sp³-hybridized carbons (Fsp3) is 0.333. The third-order valence-corrected chi connectivity index (χ3v) is 4.39. The van der Waals surface area contributed by atoms with Gasteiger partial charge in [-0.15, -0.1) is 0 Å². The van der Waals surface area contributed by atoms with Gasteiger partial charge < -0.3 is 5.32 Å². The molecule has 0 saturated heterocycles. The topological polar surface area (TPSA) is 47.7 Å². The number of rotatable bonds is 2. The maximum Gasteiger partial charge on any atom is 0.165 e. The Hall–Kier alpha value is -2.40. The second-order valence-electron chi connectivity index (χ2n) is 6.19. The molecular formula is C18H21N5. The van der Waals surface area contributed by atoms with Gasteiger partial charge in [0.1, 0.15) is 5.69 Å². The van der Waals surface area contributed by atoms with Crippen molar-refractivity contribution in [2.45, 2.75) is 33.4 Å². The highest BCUT2D eigenvalue weighted by Crippen LogP contribution is 2.24. The molecule has 23 heavy (non-hydrogen) atoms. The van der Waals surface area contributed by atoms with Gasteiger partial charge in [0.2, 0.25) is 0 Å². The van der Waals surface area contributed by atoms with Crippen molar-refractivity contribution < 1.29 is 0 Å². The highest BCUT2D eigenvalue weighted by Gasteiger charge is 2.16. The van der Waals surface area contributed by atoms with E-state index in [0.29, 0.717) is 0 Å². The van der Waals surface area contributed by atoms with Crippen LogP contribution in [0.1, 0.15) is 23.2 Å². The van der Waals surface area contributed by atoms with Crippen LogP contribution in [0.15, 0.2) is 36.7 Å². The number of benzene rings is 1. The molecule has 0 spiro atoms. The lowest BCUT2D eigenvalue weighted by molar-refractivity contribution is 0.588. The van der Waals surface area contributed by atoms with Gasteiger partial charge in [-0.1, -0.05) is 12.1 Å². The highest BCUT2D eigenvalue weighted by molar-refractivity contribution is 5.56. The lowest BCUT2D eigenvalue weighted by atomic mass is 10.1. The summed E-state index contributed by atoms with van der Waals surface area (Å²) < 4.78 is 4.25. The predicted octanol–water partition coefficient (Wildman–Crippen LogP) is 2.85. The second kappa shape index (κ2) is 5.66. The zero-order chi connectivity index (χ0) is 15.8. The number of nitrogens with zero attached hydrogens (tertiary/aromatic N) is 4. The molecule has 1 aliphatic rings. The normalized spacial score (nSPS) is 14.5. The van der Waals surface area contributed by atoms with E-state index in [-0.39, 0.29) is 0 Å². The van der Waals surface area contributed by atoms with Gasteiger partial charge in [0.05, 0.1) is 11.4 Å². The summed E-state index contributed by atoms with van der Waals surface area (Å²) in [5.74, 6) is 0.902. The largest absolute Gasteiger partial charge is 0.311 e. The zero-order valence-electron chi connectivity index (χ0n) is 13.6. The van der Waals surface area contributed by atoms with E-state index in [9.17, 15) is 0 Å². The van der Waals surface area contributed by atoms with Gasteiger partial charge in [-0.3, -0.25) is 9.25 Å². The fourth-order valence-corrected chi connectivity index (χ4v) is 3.14. The molecule has 0 saturated carbocycles. The van der Waals surface area contributed by atoms with Crippen molar-refractivity contribution in [2.75, 3.05) is 6.54 Å². The molecule has 0 unspecified atom stereocenters. The molecule has 0 radical (unpaired) electrons. The van der Waals surface area contributed by atoms with E-state index in [0.717, 1.165) is 37.6 Å².